The van der Waals surface area contributed by atoms with Gasteiger partial charge in [0.25, 0.3) is 0 Å². The standard InChI is InChI=1S/C12H13ClN4O/c13-8-2-1-3-9(6-8)14-12-15-11(16-17-12)10(18)7-4-5-7/h1-3,6-7,10,18H,4-5H2,(H2,14,15,16,17). The third-order valence-electron chi connectivity index (χ3n) is 2.93. The fraction of sp³-hybridized carbons (Fsp3) is 0.333. The fourth-order valence-electron chi connectivity index (χ4n) is 1.79. The van der Waals surface area contributed by atoms with Crippen molar-refractivity contribution < 1.29 is 5.11 Å². The van der Waals surface area contributed by atoms with Gasteiger partial charge in [-0.2, -0.15) is 4.98 Å². The van der Waals surface area contributed by atoms with Crippen molar-refractivity contribution in [2.45, 2.75) is 18.9 Å². The third kappa shape index (κ3) is 2.47. The number of aromatic amines is 1. The summed E-state index contributed by atoms with van der Waals surface area (Å²) in [7, 11) is 0. The Kier molecular flexibility index (Phi) is 2.93. The molecule has 1 unspecified atom stereocenters. The van der Waals surface area contributed by atoms with Crippen LogP contribution in [0.1, 0.15) is 24.8 Å². The van der Waals surface area contributed by atoms with Gasteiger partial charge in [-0.1, -0.05) is 17.7 Å². The first kappa shape index (κ1) is 11.5. The highest BCUT2D eigenvalue weighted by molar-refractivity contribution is 6.30. The largest absolute Gasteiger partial charge is 0.385 e. The summed E-state index contributed by atoms with van der Waals surface area (Å²) in [6.07, 6.45) is 1.57. The van der Waals surface area contributed by atoms with Crippen molar-refractivity contribution in [3.8, 4) is 0 Å². The lowest BCUT2D eigenvalue weighted by Gasteiger charge is -2.03. The Morgan fingerprint density at radius 2 is 2.28 bits per heavy atom. The molecule has 1 heterocycles. The van der Waals surface area contributed by atoms with Crippen LogP contribution in [0.2, 0.25) is 5.02 Å². The summed E-state index contributed by atoms with van der Waals surface area (Å²) >= 11 is 5.89. The third-order valence-corrected chi connectivity index (χ3v) is 3.17. The normalized spacial score (nSPS) is 16.6. The summed E-state index contributed by atoms with van der Waals surface area (Å²) in [6, 6.07) is 7.30. The maximum Gasteiger partial charge on any atom is 0.246 e. The molecule has 94 valence electrons. The van der Waals surface area contributed by atoms with E-state index >= 15 is 0 Å². The predicted molar refractivity (Wildman–Crippen MR) is 68.8 cm³/mol. The van der Waals surface area contributed by atoms with Crippen LogP contribution in [-0.2, 0) is 0 Å². The van der Waals surface area contributed by atoms with Crippen LogP contribution in [0.25, 0.3) is 0 Å². The molecular weight excluding hydrogens is 252 g/mol. The van der Waals surface area contributed by atoms with Crippen molar-refractivity contribution in [2.75, 3.05) is 5.32 Å². The topological polar surface area (TPSA) is 73.8 Å². The number of aromatic nitrogens is 3. The summed E-state index contributed by atoms with van der Waals surface area (Å²) in [4.78, 5) is 4.23. The van der Waals surface area contributed by atoms with Gasteiger partial charge in [-0.05, 0) is 37.0 Å². The maximum absolute atomic E-state index is 9.90. The Bertz CT molecular complexity index is 553. The van der Waals surface area contributed by atoms with Crippen LogP contribution >= 0.6 is 11.6 Å². The molecule has 1 saturated carbocycles. The second-order valence-electron chi connectivity index (χ2n) is 4.46. The van der Waals surface area contributed by atoms with Crippen molar-refractivity contribution >= 4 is 23.2 Å². The van der Waals surface area contributed by atoms with Crippen LogP contribution in [0.15, 0.2) is 24.3 Å². The number of rotatable bonds is 4. The number of halogens is 1. The Morgan fingerprint density at radius 1 is 1.44 bits per heavy atom. The van der Waals surface area contributed by atoms with E-state index in [-0.39, 0.29) is 0 Å². The molecule has 1 aromatic carbocycles. The molecule has 1 atom stereocenters. The van der Waals surface area contributed by atoms with E-state index in [1.54, 1.807) is 12.1 Å². The number of aliphatic hydroxyl groups is 1. The molecule has 3 rings (SSSR count). The molecule has 18 heavy (non-hydrogen) atoms. The molecule has 5 nitrogen and oxygen atoms in total. The Hall–Kier alpha value is -1.59. The number of nitrogens with zero attached hydrogens (tertiary/aromatic N) is 2. The molecule has 1 aliphatic rings. The molecule has 0 spiro atoms. The van der Waals surface area contributed by atoms with Crippen LogP contribution in [0, 0.1) is 5.92 Å². The van der Waals surface area contributed by atoms with Gasteiger partial charge >= 0.3 is 0 Å². The second kappa shape index (κ2) is 4.59. The van der Waals surface area contributed by atoms with Gasteiger partial charge in [-0.3, -0.25) is 5.10 Å². The number of hydrogen-bond donors (Lipinski definition) is 3. The molecule has 6 heteroatoms. The molecule has 0 bridgehead atoms. The molecule has 3 N–H and O–H groups in total. The van der Waals surface area contributed by atoms with Gasteiger partial charge in [-0.15, -0.1) is 5.10 Å². The Labute approximate surface area is 109 Å². The zero-order chi connectivity index (χ0) is 12.5. The molecule has 2 aromatic rings. The van der Waals surface area contributed by atoms with Crippen molar-refractivity contribution in [3.63, 3.8) is 0 Å². The van der Waals surface area contributed by atoms with Crippen molar-refractivity contribution in [1.29, 1.82) is 0 Å². The van der Waals surface area contributed by atoms with Gasteiger partial charge in [-0.25, -0.2) is 0 Å². The molecule has 0 aliphatic heterocycles. The minimum absolute atomic E-state index is 0.331. The number of benzene rings is 1. The first-order valence-electron chi connectivity index (χ1n) is 5.85. The van der Waals surface area contributed by atoms with Gasteiger partial charge in [0.05, 0.1) is 0 Å². The average Bonchev–Trinajstić information content (AvgIpc) is 3.09. The van der Waals surface area contributed by atoms with E-state index in [2.05, 4.69) is 20.5 Å². The lowest BCUT2D eigenvalue weighted by molar-refractivity contribution is 0.144. The highest BCUT2D eigenvalue weighted by Crippen LogP contribution is 2.39. The van der Waals surface area contributed by atoms with Gasteiger partial charge < -0.3 is 10.4 Å². The SMILES string of the molecule is OC(c1nc(Nc2cccc(Cl)c2)n[nH]1)C1CC1. The fourth-order valence-corrected chi connectivity index (χ4v) is 1.98. The average molecular weight is 265 g/mol. The van der Waals surface area contributed by atoms with E-state index in [0.717, 1.165) is 18.5 Å². The minimum Gasteiger partial charge on any atom is -0.385 e. The van der Waals surface area contributed by atoms with Gasteiger partial charge in [0.2, 0.25) is 5.95 Å². The molecule has 0 radical (unpaired) electrons. The molecule has 1 aromatic heterocycles. The van der Waals surface area contributed by atoms with Gasteiger partial charge in [0.1, 0.15) is 6.10 Å². The van der Waals surface area contributed by atoms with E-state index < -0.39 is 6.10 Å². The van der Waals surface area contributed by atoms with Crippen LogP contribution in [-0.4, -0.2) is 20.3 Å². The highest BCUT2D eigenvalue weighted by Gasteiger charge is 2.32. The molecule has 0 amide bonds. The van der Waals surface area contributed by atoms with Gasteiger partial charge in [0.15, 0.2) is 5.82 Å². The summed E-state index contributed by atoms with van der Waals surface area (Å²) < 4.78 is 0. The second-order valence-corrected chi connectivity index (χ2v) is 4.90. The number of anilines is 2. The molecular formula is C12H13ClN4O. The van der Waals surface area contributed by atoms with Crippen molar-refractivity contribution in [1.82, 2.24) is 15.2 Å². The maximum atomic E-state index is 9.90. The smallest absolute Gasteiger partial charge is 0.246 e. The zero-order valence-electron chi connectivity index (χ0n) is 9.60. The van der Waals surface area contributed by atoms with Crippen LogP contribution in [0.3, 0.4) is 0 Å². The van der Waals surface area contributed by atoms with E-state index in [0.29, 0.717) is 22.7 Å². The molecule has 1 aliphatic carbocycles. The Morgan fingerprint density at radius 3 is 3.00 bits per heavy atom. The van der Waals surface area contributed by atoms with E-state index in [1.807, 2.05) is 12.1 Å². The first-order valence-corrected chi connectivity index (χ1v) is 6.23. The highest BCUT2D eigenvalue weighted by atomic mass is 35.5. The van der Waals surface area contributed by atoms with Crippen LogP contribution < -0.4 is 5.32 Å². The predicted octanol–water partition coefficient (Wildman–Crippen LogP) is 2.65. The lowest BCUT2D eigenvalue weighted by Crippen LogP contribution is -2.02. The number of H-pyrrole nitrogens is 1. The lowest BCUT2D eigenvalue weighted by atomic mass is 10.2. The Balaban J connectivity index is 1.73. The number of aliphatic hydroxyl groups excluding tert-OH is 1. The molecule has 0 saturated heterocycles. The van der Waals surface area contributed by atoms with E-state index in [9.17, 15) is 5.11 Å². The van der Waals surface area contributed by atoms with Crippen LogP contribution in [0.5, 0.6) is 0 Å². The summed E-state index contributed by atoms with van der Waals surface area (Å²) in [5, 5.41) is 20.4. The first-order chi connectivity index (χ1) is 8.72. The quantitative estimate of drug-likeness (QED) is 0.794. The molecule has 1 fully saturated rings. The van der Waals surface area contributed by atoms with E-state index in [4.69, 9.17) is 11.6 Å². The summed E-state index contributed by atoms with van der Waals surface area (Å²) in [6.45, 7) is 0. The van der Waals surface area contributed by atoms with E-state index in [1.165, 1.54) is 0 Å². The van der Waals surface area contributed by atoms with Crippen molar-refractivity contribution in [3.05, 3.63) is 35.1 Å². The van der Waals surface area contributed by atoms with Crippen molar-refractivity contribution in [2.24, 2.45) is 5.92 Å². The van der Waals surface area contributed by atoms with Gasteiger partial charge in [0, 0.05) is 10.7 Å². The summed E-state index contributed by atoms with van der Waals surface area (Å²) in [5.41, 5.74) is 0.814. The number of hydrogen-bond acceptors (Lipinski definition) is 4. The van der Waals surface area contributed by atoms with Crippen LogP contribution in [0.4, 0.5) is 11.6 Å². The number of nitrogens with one attached hydrogen (secondary N) is 2. The minimum atomic E-state index is -0.535. The zero-order valence-corrected chi connectivity index (χ0v) is 10.4. The monoisotopic (exact) mass is 264 g/mol. The summed E-state index contributed by atoms with van der Waals surface area (Å²) in [5.74, 6) is 1.28.